The van der Waals surface area contributed by atoms with E-state index >= 15 is 0 Å². The maximum Gasteiger partial charge on any atom is 0.205 e. The third-order valence-electron chi connectivity index (χ3n) is 1.29. The summed E-state index contributed by atoms with van der Waals surface area (Å²) < 4.78 is 0. The summed E-state index contributed by atoms with van der Waals surface area (Å²) in [5.74, 6) is 0.390. The Labute approximate surface area is 59.0 Å². The molecule has 1 rings (SSSR count). The summed E-state index contributed by atoms with van der Waals surface area (Å²) in [6.07, 6.45) is 0. The second-order valence-electron chi connectivity index (χ2n) is 1.90. The Morgan fingerprint density at radius 1 is 1.60 bits per heavy atom. The van der Waals surface area contributed by atoms with Gasteiger partial charge in [0.1, 0.15) is 12.6 Å². The van der Waals surface area contributed by atoms with Crippen molar-refractivity contribution in [3.05, 3.63) is 0 Å². The molecule has 1 heterocycles. The van der Waals surface area contributed by atoms with Gasteiger partial charge in [-0.2, -0.15) is 10.5 Å². The topological polar surface area (TPSA) is 63.2 Å². The molecule has 10 heavy (non-hydrogen) atoms. The average Bonchev–Trinajstić information content (AvgIpc) is 2.36. The first-order valence-electron chi connectivity index (χ1n) is 2.95. The molecule has 0 atom stereocenters. The van der Waals surface area contributed by atoms with E-state index in [9.17, 15) is 0 Å². The van der Waals surface area contributed by atoms with Crippen molar-refractivity contribution in [3.8, 4) is 12.1 Å². The van der Waals surface area contributed by atoms with Crippen molar-refractivity contribution in [2.45, 2.75) is 0 Å². The van der Waals surface area contributed by atoms with E-state index in [-0.39, 0.29) is 6.54 Å². The number of nitrogens with zero attached hydrogens (tertiary/aromatic N) is 4. The van der Waals surface area contributed by atoms with Gasteiger partial charge in [0.05, 0.1) is 12.6 Å². The Morgan fingerprint density at radius 2 is 2.40 bits per heavy atom. The average molecular weight is 134 g/mol. The lowest BCUT2D eigenvalue weighted by molar-refractivity contribution is 0.515. The largest absolute Gasteiger partial charge is 0.333 e. The number of hydrogen-bond acceptors (Lipinski definition) is 4. The quantitative estimate of drug-likeness (QED) is 0.464. The van der Waals surface area contributed by atoms with Crippen molar-refractivity contribution in [1.82, 2.24) is 4.90 Å². The van der Waals surface area contributed by atoms with E-state index in [4.69, 9.17) is 10.5 Å². The zero-order chi connectivity index (χ0) is 7.40. The molecule has 1 aliphatic rings. The van der Waals surface area contributed by atoms with Crippen LogP contribution in [0.4, 0.5) is 0 Å². The monoisotopic (exact) mass is 134 g/mol. The summed E-state index contributed by atoms with van der Waals surface area (Å²) in [4.78, 5) is 5.55. The number of nitriles is 2. The summed E-state index contributed by atoms with van der Waals surface area (Å²) in [5, 5.41) is 16.7. The molecule has 50 valence electrons. The van der Waals surface area contributed by atoms with Crippen LogP contribution in [0, 0.1) is 22.7 Å². The van der Waals surface area contributed by atoms with Crippen LogP contribution in [0.5, 0.6) is 0 Å². The van der Waals surface area contributed by atoms with Crippen LogP contribution in [0.3, 0.4) is 0 Å². The van der Waals surface area contributed by atoms with Crippen LogP contribution >= 0.6 is 0 Å². The molecule has 0 aromatic heterocycles. The first-order chi connectivity index (χ1) is 4.88. The molecule has 0 amide bonds. The first kappa shape index (κ1) is 6.57. The second-order valence-corrected chi connectivity index (χ2v) is 1.90. The van der Waals surface area contributed by atoms with Crippen molar-refractivity contribution < 1.29 is 0 Å². The molecule has 0 aliphatic carbocycles. The molecule has 1 aliphatic heterocycles. The van der Waals surface area contributed by atoms with E-state index in [1.54, 1.807) is 4.90 Å². The number of aliphatic imine (C=N–C) groups is 1. The van der Waals surface area contributed by atoms with Crippen molar-refractivity contribution in [1.29, 1.82) is 10.5 Å². The Kier molecular flexibility index (Phi) is 1.86. The summed E-state index contributed by atoms with van der Waals surface area (Å²) in [5.41, 5.74) is 0. The SMILES string of the molecule is N#CCN1CCN=C1C#N. The minimum absolute atomic E-state index is 0.270. The summed E-state index contributed by atoms with van der Waals surface area (Å²) in [6, 6.07) is 3.89. The molecule has 0 saturated carbocycles. The van der Waals surface area contributed by atoms with Crippen molar-refractivity contribution >= 4 is 5.84 Å². The Morgan fingerprint density at radius 3 is 3.00 bits per heavy atom. The summed E-state index contributed by atoms with van der Waals surface area (Å²) >= 11 is 0. The molecule has 0 N–H and O–H groups in total. The highest BCUT2D eigenvalue weighted by atomic mass is 15.2. The number of rotatable bonds is 1. The molecule has 4 heteroatoms. The standard InChI is InChI=1S/C6H6N4/c7-1-3-10-4-2-9-6(10)5-8/h2-4H2. The summed E-state index contributed by atoms with van der Waals surface area (Å²) in [7, 11) is 0. The van der Waals surface area contributed by atoms with E-state index in [1.807, 2.05) is 12.1 Å². The number of amidine groups is 1. The Bertz CT molecular complexity index is 229. The molecule has 0 spiro atoms. The molecule has 0 unspecified atom stereocenters. The maximum atomic E-state index is 8.43. The van der Waals surface area contributed by atoms with Crippen molar-refractivity contribution in [2.75, 3.05) is 19.6 Å². The Balaban J connectivity index is 2.58. The molecule has 0 bridgehead atoms. The highest BCUT2D eigenvalue weighted by molar-refractivity contribution is 5.97. The van der Waals surface area contributed by atoms with E-state index < -0.39 is 0 Å². The highest BCUT2D eigenvalue weighted by Crippen LogP contribution is 1.98. The molecule has 0 aromatic carbocycles. The van der Waals surface area contributed by atoms with E-state index in [0.717, 1.165) is 0 Å². The van der Waals surface area contributed by atoms with Crippen LogP contribution in [-0.2, 0) is 0 Å². The lowest BCUT2D eigenvalue weighted by Crippen LogP contribution is -2.26. The van der Waals surface area contributed by atoms with Crippen LogP contribution < -0.4 is 0 Å². The Hall–Kier alpha value is -1.55. The smallest absolute Gasteiger partial charge is 0.205 e. The predicted octanol–water partition coefficient (Wildman–Crippen LogP) is -0.252. The van der Waals surface area contributed by atoms with Gasteiger partial charge in [-0.3, -0.25) is 4.99 Å². The van der Waals surface area contributed by atoms with Gasteiger partial charge >= 0.3 is 0 Å². The fraction of sp³-hybridized carbons (Fsp3) is 0.500. The third-order valence-corrected chi connectivity index (χ3v) is 1.29. The lowest BCUT2D eigenvalue weighted by Gasteiger charge is -2.09. The fourth-order valence-electron chi connectivity index (χ4n) is 0.828. The van der Waals surface area contributed by atoms with E-state index in [0.29, 0.717) is 18.9 Å². The second kappa shape index (κ2) is 2.84. The van der Waals surface area contributed by atoms with Gasteiger partial charge in [0.2, 0.25) is 5.84 Å². The van der Waals surface area contributed by atoms with Gasteiger partial charge in [-0.25, -0.2) is 0 Å². The molecule has 0 aromatic rings. The first-order valence-corrected chi connectivity index (χ1v) is 2.95. The molecule has 0 fully saturated rings. The van der Waals surface area contributed by atoms with Crippen LogP contribution in [0.1, 0.15) is 0 Å². The van der Waals surface area contributed by atoms with Gasteiger partial charge in [-0.05, 0) is 0 Å². The van der Waals surface area contributed by atoms with Gasteiger partial charge in [0.15, 0.2) is 0 Å². The van der Waals surface area contributed by atoms with Crippen LogP contribution in [-0.4, -0.2) is 30.4 Å². The molecular formula is C6H6N4. The normalized spacial score (nSPS) is 15.8. The molecule has 4 nitrogen and oxygen atoms in total. The van der Waals surface area contributed by atoms with Gasteiger partial charge in [-0.1, -0.05) is 0 Å². The van der Waals surface area contributed by atoms with Gasteiger partial charge in [0, 0.05) is 6.54 Å². The minimum Gasteiger partial charge on any atom is -0.333 e. The predicted molar refractivity (Wildman–Crippen MR) is 35.1 cm³/mol. The van der Waals surface area contributed by atoms with Gasteiger partial charge < -0.3 is 4.90 Å². The van der Waals surface area contributed by atoms with E-state index in [1.165, 1.54) is 0 Å². The molecule has 0 radical (unpaired) electrons. The van der Waals surface area contributed by atoms with Crippen molar-refractivity contribution in [3.63, 3.8) is 0 Å². The van der Waals surface area contributed by atoms with Gasteiger partial charge in [0.25, 0.3) is 0 Å². The van der Waals surface area contributed by atoms with Crippen LogP contribution in [0.15, 0.2) is 4.99 Å². The number of hydrogen-bond donors (Lipinski definition) is 0. The molecular weight excluding hydrogens is 128 g/mol. The lowest BCUT2D eigenvalue weighted by atomic mass is 10.5. The molecule has 0 saturated heterocycles. The van der Waals surface area contributed by atoms with Gasteiger partial charge in [-0.15, -0.1) is 0 Å². The summed E-state index contributed by atoms with van der Waals surface area (Å²) in [6.45, 7) is 1.62. The van der Waals surface area contributed by atoms with Crippen LogP contribution in [0.25, 0.3) is 0 Å². The zero-order valence-electron chi connectivity index (χ0n) is 5.41. The fourth-order valence-corrected chi connectivity index (χ4v) is 0.828. The maximum absolute atomic E-state index is 8.43. The minimum atomic E-state index is 0.270. The van der Waals surface area contributed by atoms with Crippen molar-refractivity contribution in [2.24, 2.45) is 4.99 Å². The zero-order valence-corrected chi connectivity index (χ0v) is 5.41. The third kappa shape index (κ3) is 1.06. The highest BCUT2D eigenvalue weighted by Gasteiger charge is 2.14. The van der Waals surface area contributed by atoms with Crippen LogP contribution in [0.2, 0.25) is 0 Å². The van der Waals surface area contributed by atoms with E-state index in [2.05, 4.69) is 4.99 Å².